The molecule has 1 amide bonds. The van der Waals surface area contributed by atoms with Crippen molar-refractivity contribution in [3.63, 3.8) is 0 Å². The number of amides is 1. The summed E-state index contributed by atoms with van der Waals surface area (Å²) < 4.78 is 19.9. The zero-order valence-corrected chi connectivity index (χ0v) is 15.1. The number of nitrogens with zero attached hydrogens (tertiary/aromatic N) is 5. The lowest BCUT2D eigenvalue weighted by Gasteiger charge is -2.21. The number of benzene rings is 1. The SMILES string of the molecule is Cc1ccnc2nc(C(=O)O[C@H](C)C(=O)N(C)Cc3cccc(F)c3)nn12. The van der Waals surface area contributed by atoms with Gasteiger partial charge in [0.1, 0.15) is 5.82 Å². The van der Waals surface area contributed by atoms with Crippen LogP contribution in [-0.4, -0.2) is 49.5 Å². The first kappa shape index (κ1) is 18.4. The summed E-state index contributed by atoms with van der Waals surface area (Å²) in [5.41, 5.74) is 1.39. The Balaban J connectivity index is 1.65. The molecule has 0 aliphatic heterocycles. The van der Waals surface area contributed by atoms with Gasteiger partial charge in [-0.2, -0.15) is 4.98 Å². The van der Waals surface area contributed by atoms with Crippen molar-refractivity contribution in [1.29, 1.82) is 0 Å². The van der Waals surface area contributed by atoms with E-state index >= 15 is 0 Å². The Morgan fingerprint density at radius 3 is 2.81 bits per heavy atom. The molecule has 3 rings (SSSR count). The molecular weight excluding hydrogens is 353 g/mol. The van der Waals surface area contributed by atoms with Crippen LogP contribution in [0, 0.1) is 12.7 Å². The molecule has 2 heterocycles. The van der Waals surface area contributed by atoms with E-state index in [1.165, 1.54) is 28.5 Å². The molecule has 0 unspecified atom stereocenters. The molecule has 0 aliphatic carbocycles. The van der Waals surface area contributed by atoms with Gasteiger partial charge in [0.05, 0.1) is 0 Å². The third-order valence-corrected chi connectivity index (χ3v) is 3.93. The van der Waals surface area contributed by atoms with Gasteiger partial charge in [-0.1, -0.05) is 12.1 Å². The first-order chi connectivity index (χ1) is 12.8. The number of hydrogen-bond acceptors (Lipinski definition) is 6. The maximum absolute atomic E-state index is 13.3. The quantitative estimate of drug-likeness (QED) is 0.635. The van der Waals surface area contributed by atoms with Gasteiger partial charge in [-0.15, -0.1) is 5.10 Å². The number of likely N-dealkylation sites (N-methyl/N-ethyl adjacent to an activating group) is 1. The minimum Gasteiger partial charge on any atom is -0.447 e. The monoisotopic (exact) mass is 371 g/mol. The van der Waals surface area contributed by atoms with Crippen molar-refractivity contribution < 1.29 is 18.7 Å². The number of carbonyl (C=O) groups excluding carboxylic acids is 2. The van der Waals surface area contributed by atoms with Crippen molar-refractivity contribution in [3.8, 4) is 0 Å². The normalized spacial score (nSPS) is 12.0. The van der Waals surface area contributed by atoms with Gasteiger partial charge in [0.25, 0.3) is 17.5 Å². The van der Waals surface area contributed by atoms with Crippen molar-refractivity contribution in [1.82, 2.24) is 24.5 Å². The average molecular weight is 371 g/mol. The predicted molar refractivity (Wildman–Crippen MR) is 93.3 cm³/mol. The van der Waals surface area contributed by atoms with E-state index in [1.807, 2.05) is 0 Å². The summed E-state index contributed by atoms with van der Waals surface area (Å²) in [6.45, 7) is 3.45. The van der Waals surface area contributed by atoms with E-state index in [2.05, 4.69) is 15.1 Å². The second kappa shape index (κ2) is 7.48. The fourth-order valence-electron chi connectivity index (χ4n) is 2.55. The van der Waals surface area contributed by atoms with Gasteiger partial charge in [-0.3, -0.25) is 4.79 Å². The third kappa shape index (κ3) is 4.08. The van der Waals surface area contributed by atoms with Crippen LogP contribution in [0.2, 0.25) is 0 Å². The van der Waals surface area contributed by atoms with Crippen LogP contribution in [-0.2, 0) is 16.1 Å². The molecule has 0 aliphatic rings. The minimum atomic E-state index is -1.04. The Morgan fingerprint density at radius 1 is 1.33 bits per heavy atom. The molecule has 8 nitrogen and oxygen atoms in total. The maximum atomic E-state index is 13.3. The topological polar surface area (TPSA) is 89.7 Å². The van der Waals surface area contributed by atoms with E-state index in [0.29, 0.717) is 5.56 Å². The van der Waals surface area contributed by atoms with Crippen molar-refractivity contribution in [2.45, 2.75) is 26.5 Å². The highest BCUT2D eigenvalue weighted by Crippen LogP contribution is 2.10. The zero-order valence-electron chi connectivity index (χ0n) is 15.1. The molecule has 0 N–H and O–H groups in total. The predicted octanol–water partition coefficient (Wildman–Crippen LogP) is 1.78. The molecule has 0 radical (unpaired) electrons. The maximum Gasteiger partial charge on any atom is 0.379 e. The number of halogens is 1. The Labute approximate surface area is 154 Å². The summed E-state index contributed by atoms with van der Waals surface area (Å²) in [7, 11) is 1.55. The number of fused-ring (bicyclic) bond motifs is 1. The third-order valence-electron chi connectivity index (χ3n) is 3.93. The van der Waals surface area contributed by atoms with Crippen LogP contribution in [0.5, 0.6) is 0 Å². The van der Waals surface area contributed by atoms with Crippen molar-refractivity contribution in [2.75, 3.05) is 7.05 Å². The van der Waals surface area contributed by atoms with Crippen LogP contribution < -0.4 is 0 Å². The standard InChI is InChI=1S/C18H18FN5O3/c1-11-7-8-20-18-21-15(22-24(11)18)17(26)27-12(2)16(25)23(3)10-13-5-4-6-14(19)9-13/h4-9,12H,10H2,1-3H3/t12-/m1/s1. The first-order valence-electron chi connectivity index (χ1n) is 8.24. The molecule has 0 fully saturated rings. The van der Waals surface area contributed by atoms with Crippen molar-refractivity contribution >= 4 is 17.7 Å². The number of rotatable bonds is 5. The van der Waals surface area contributed by atoms with Crippen LogP contribution in [0.15, 0.2) is 36.5 Å². The number of esters is 1. The van der Waals surface area contributed by atoms with Gasteiger partial charge < -0.3 is 9.64 Å². The van der Waals surface area contributed by atoms with E-state index in [9.17, 15) is 14.0 Å². The fraction of sp³-hybridized carbons (Fsp3) is 0.278. The molecule has 9 heteroatoms. The van der Waals surface area contributed by atoms with Gasteiger partial charge in [0.2, 0.25) is 0 Å². The molecule has 1 atom stereocenters. The summed E-state index contributed by atoms with van der Waals surface area (Å²) in [4.78, 5) is 34.1. The van der Waals surface area contributed by atoms with Crippen LogP contribution >= 0.6 is 0 Å². The number of aromatic nitrogens is 4. The zero-order chi connectivity index (χ0) is 19.6. The van der Waals surface area contributed by atoms with Gasteiger partial charge in [-0.25, -0.2) is 18.7 Å². The summed E-state index contributed by atoms with van der Waals surface area (Å²) >= 11 is 0. The van der Waals surface area contributed by atoms with Gasteiger partial charge >= 0.3 is 5.97 Å². The molecule has 2 aromatic heterocycles. The largest absolute Gasteiger partial charge is 0.447 e. The van der Waals surface area contributed by atoms with E-state index in [1.54, 1.807) is 38.4 Å². The molecule has 0 saturated heterocycles. The van der Waals surface area contributed by atoms with Crippen LogP contribution in [0.4, 0.5) is 4.39 Å². The Kier molecular flexibility index (Phi) is 5.11. The lowest BCUT2D eigenvalue weighted by Crippen LogP contribution is -2.37. The highest BCUT2D eigenvalue weighted by Gasteiger charge is 2.25. The number of aryl methyl sites for hydroxylation is 1. The van der Waals surface area contributed by atoms with Gasteiger partial charge in [0.15, 0.2) is 6.10 Å². The smallest absolute Gasteiger partial charge is 0.379 e. The number of carbonyl (C=O) groups is 2. The van der Waals surface area contributed by atoms with Crippen molar-refractivity contribution in [3.05, 3.63) is 59.4 Å². The molecule has 3 aromatic rings. The number of hydrogen-bond donors (Lipinski definition) is 0. The second-order valence-corrected chi connectivity index (χ2v) is 6.11. The summed E-state index contributed by atoms with van der Waals surface area (Å²) in [5, 5.41) is 4.05. The molecule has 1 aromatic carbocycles. The summed E-state index contributed by atoms with van der Waals surface area (Å²) in [6.07, 6.45) is 0.513. The fourth-order valence-corrected chi connectivity index (χ4v) is 2.55. The minimum absolute atomic E-state index is 0.177. The summed E-state index contributed by atoms with van der Waals surface area (Å²) in [5.74, 6) is -1.53. The Hall–Kier alpha value is -3.36. The Bertz CT molecular complexity index is 1000. The van der Waals surface area contributed by atoms with Gasteiger partial charge in [-0.05, 0) is 37.6 Å². The van der Waals surface area contributed by atoms with Crippen molar-refractivity contribution in [2.24, 2.45) is 0 Å². The van der Waals surface area contributed by atoms with E-state index in [0.717, 1.165) is 5.69 Å². The van der Waals surface area contributed by atoms with E-state index in [-0.39, 0.29) is 24.0 Å². The molecule has 27 heavy (non-hydrogen) atoms. The molecular formula is C18H18FN5O3. The lowest BCUT2D eigenvalue weighted by molar-refractivity contribution is -0.139. The molecule has 0 saturated carbocycles. The first-order valence-corrected chi connectivity index (χ1v) is 8.24. The molecule has 0 bridgehead atoms. The van der Waals surface area contributed by atoms with Crippen LogP contribution in [0.3, 0.4) is 0 Å². The molecule has 140 valence electrons. The number of ether oxygens (including phenoxy) is 1. The molecule has 0 spiro atoms. The highest BCUT2D eigenvalue weighted by molar-refractivity contribution is 5.89. The second-order valence-electron chi connectivity index (χ2n) is 6.11. The van der Waals surface area contributed by atoms with E-state index < -0.39 is 18.0 Å². The summed E-state index contributed by atoms with van der Waals surface area (Å²) in [6, 6.07) is 7.67. The van der Waals surface area contributed by atoms with Crippen LogP contribution in [0.1, 0.15) is 28.8 Å². The van der Waals surface area contributed by atoms with E-state index in [4.69, 9.17) is 4.74 Å². The Morgan fingerprint density at radius 2 is 2.11 bits per heavy atom. The van der Waals surface area contributed by atoms with Gasteiger partial charge in [0, 0.05) is 25.5 Å². The van der Waals surface area contributed by atoms with Crippen LogP contribution in [0.25, 0.3) is 5.78 Å². The lowest BCUT2D eigenvalue weighted by atomic mass is 10.2. The average Bonchev–Trinajstić information content (AvgIpc) is 3.07. The highest BCUT2D eigenvalue weighted by atomic mass is 19.1.